The highest BCUT2D eigenvalue weighted by atomic mass is 15.0. The molecule has 1 saturated carbocycles. The number of aryl methyl sites for hydroxylation is 1. The van der Waals surface area contributed by atoms with Gasteiger partial charge in [-0.2, -0.15) is 0 Å². The highest BCUT2D eigenvalue weighted by molar-refractivity contribution is 5.29. The van der Waals surface area contributed by atoms with Gasteiger partial charge in [-0.15, -0.1) is 0 Å². The summed E-state index contributed by atoms with van der Waals surface area (Å²) in [5.74, 6) is 0. The fourth-order valence-corrected chi connectivity index (χ4v) is 3.31. The summed E-state index contributed by atoms with van der Waals surface area (Å²) in [5, 5.41) is 3.68. The predicted molar refractivity (Wildman–Crippen MR) is 65.5 cm³/mol. The van der Waals surface area contributed by atoms with Gasteiger partial charge in [0, 0.05) is 23.3 Å². The SMILES string of the molecule is Cc1ccc(C2(C3CCCN3)CCC2)cn1. The topological polar surface area (TPSA) is 24.9 Å². The van der Waals surface area contributed by atoms with Gasteiger partial charge in [-0.05, 0) is 50.8 Å². The maximum atomic E-state index is 4.47. The molecule has 0 spiro atoms. The van der Waals surface area contributed by atoms with Gasteiger partial charge in [0.05, 0.1) is 0 Å². The highest BCUT2D eigenvalue weighted by Gasteiger charge is 2.46. The summed E-state index contributed by atoms with van der Waals surface area (Å²) < 4.78 is 0. The molecule has 1 N–H and O–H groups in total. The van der Waals surface area contributed by atoms with Gasteiger partial charge in [0.15, 0.2) is 0 Å². The molecule has 2 nitrogen and oxygen atoms in total. The summed E-state index contributed by atoms with van der Waals surface area (Å²) in [7, 11) is 0. The zero-order valence-electron chi connectivity index (χ0n) is 10.00. The lowest BCUT2D eigenvalue weighted by Gasteiger charge is -2.47. The van der Waals surface area contributed by atoms with Gasteiger partial charge in [0.1, 0.15) is 0 Å². The first kappa shape index (κ1) is 10.3. The number of nitrogens with one attached hydrogen (secondary N) is 1. The molecule has 1 aliphatic heterocycles. The Morgan fingerprint density at radius 2 is 2.19 bits per heavy atom. The third-order valence-electron chi connectivity index (χ3n) is 4.46. The molecule has 0 amide bonds. The average molecular weight is 216 g/mol. The number of hydrogen-bond donors (Lipinski definition) is 1. The van der Waals surface area contributed by atoms with Crippen LogP contribution in [0, 0.1) is 6.92 Å². The largest absolute Gasteiger partial charge is 0.313 e. The first-order chi connectivity index (χ1) is 7.81. The smallest absolute Gasteiger partial charge is 0.0372 e. The molecule has 2 fully saturated rings. The fraction of sp³-hybridized carbons (Fsp3) is 0.643. The molecule has 16 heavy (non-hydrogen) atoms. The predicted octanol–water partition coefficient (Wildman–Crippen LogP) is 2.56. The number of nitrogens with zero attached hydrogens (tertiary/aromatic N) is 1. The number of pyridine rings is 1. The molecule has 0 radical (unpaired) electrons. The second kappa shape index (κ2) is 3.85. The van der Waals surface area contributed by atoms with Crippen molar-refractivity contribution in [3.63, 3.8) is 0 Å². The minimum atomic E-state index is 0.414. The summed E-state index contributed by atoms with van der Waals surface area (Å²) in [6.07, 6.45) is 8.85. The van der Waals surface area contributed by atoms with Crippen molar-refractivity contribution in [2.24, 2.45) is 0 Å². The molecule has 86 valence electrons. The van der Waals surface area contributed by atoms with Crippen LogP contribution in [0.25, 0.3) is 0 Å². The zero-order chi connectivity index (χ0) is 11.0. The van der Waals surface area contributed by atoms with E-state index in [1.54, 1.807) is 0 Å². The van der Waals surface area contributed by atoms with E-state index in [0.717, 1.165) is 5.69 Å². The van der Waals surface area contributed by atoms with E-state index >= 15 is 0 Å². The monoisotopic (exact) mass is 216 g/mol. The van der Waals surface area contributed by atoms with Crippen molar-refractivity contribution in [1.29, 1.82) is 0 Å². The molecular formula is C14H20N2. The van der Waals surface area contributed by atoms with Gasteiger partial charge in [-0.3, -0.25) is 4.98 Å². The van der Waals surface area contributed by atoms with Crippen LogP contribution >= 0.6 is 0 Å². The summed E-state index contributed by atoms with van der Waals surface area (Å²) in [4.78, 5) is 4.47. The molecule has 3 rings (SSSR count). The van der Waals surface area contributed by atoms with Crippen molar-refractivity contribution in [3.05, 3.63) is 29.6 Å². The lowest BCUT2D eigenvalue weighted by molar-refractivity contribution is 0.181. The van der Waals surface area contributed by atoms with E-state index in [9.17, 15) is 0 Å². The van der Waals surface area contributed by atoms with Gasteiger partial charge in [-0.25, -0.2) is 0 Å². The van der Waals surface area contributed by atoms with Crippen molar-refractivity contribution in [3.8, 4) is 0 Å². The van der Waals surface area contributed by atoms with E-state index < -0.39 is 0 Å². The normalized spacial score (nSPS) is 27.7. The molecule has 1 atom stereocenters. The first-order valence-corrected chi connectivity index (χ1v) is 6.48. The Bertz CT molecular complexity index is 359. The Kier molecular flexibility index (Phi) is 2.47. The van der Waals surface area contributed by atoms with E-state index in [1.165, 1.54) is 44.2 Å². The lowest BCUT2D eigenvalue weighted by atomic mass is 9.60. The van der Waals surface area contributed by atoms with Gasteiger partial charge >= 0.3 is 0 Å². The highest BCUT2D eigenvalue weighted by Crippen LogP contribution is 2.48. The van der Waals surface area contributed by atoms with Crippen LogP contribution in [-0.2, 0) is 5.41 Å². The summed E-state index contributed by atoms with van der Waals surface area (Å²) in [6, 6.07) is 5.15. The van der Waals surface area contributed by atoms with Gasteiger partial charge in [0.25, 0.3) is 0 Å². The van der Waals surface area contributed by atoms with Crippen LogP contribution in [0.15, 0.2) is 18.3 Å². The number of hydrogen-bond acceptors (Lipinski definition) is 2. The molecule has 2 heterocycles. The van der Waals surface area contributed by atoms with E-state index in [1.807, 2.05) is 0 Å². The zero-order valence-corrected chi connectivity index (χ0v) is 10.00. The third kappa shape index (κ3) is 1.47. The molecule has 1 aromatic rings. The van der Waals surface area contributed by atoms with Crippen molar-refractivity contribution in [1.82, 2.24) is 10.3 Å². The second-order valence-electron chi connectivity index (χ2n) is 5.35. The van der Waals surface area contributed by atoms with E-state index in [4.69, 9.17) is 0 Å². The molecule has 2 heteroatoms. The Balaban J connectivity index is 1.91. The van der Waals surface area contributed by atoms with E-state index in [0.29, 0.717) is 11.5 Å². The Labute approximate surface area is 97.5 Å². The summed E-state index contributed by atoms with van der Waals surface area (Å²) >= 11 is 0. The van der Waals surface area contributed by atoms with Crippen molar-refractivity contribution in [2.45, 2.75) is 50.5 Å². The third-order valence-corrected chi connectivity index (χ3v) is 4.46. The second-order valence-corrected chi connectivity index (χ2v) is 5.35. The molecular weight excluding hydrogens is 196 g/mol. The number of aromatic nitrogens is 1. The van der Waals surface area contributed by atoms with Gasteiger partial charge in [0.2, 0.25) is 0 Å². The Morgan fingerprint density at radius 1 is 1.31 bits per heavy atom. The molecule has 0 aromatic carbocycles. The van der Waals surface area contributed by atoms with Gasteiger partial charge < -0.3 is 5.32 Å². The quantitative estimate of drug-likeness (QED) is 0.822. The Morgan fingerprint density at radius 3 is 2.69 bits per heavy atom. The van der Waals surface area contributed by atoms with E-state index in [2.05, 4.69) is 35.6 Å². The van der Waals surface area contributed by atoms with Crippen molar-refractivity contribution in [2.75, 3.05) is 6.54 Å². The van der Waals surface area contributed by atoms with Crippen LogP contribution in [0.3, 0.4) is 0 Å². The maximum absolute atomic E-state index is 4.47. The van der Waals surface area contributed by atoms with Crippen LogP contribution in [0.4, 0.5) is 0 Å². The van der Waals surface area contributed by atoms with E-state index in [-0.39, 0.29) is 0 Å². The Hall–Kier alpha value is -0.890. The van der Waals surface area contributed by atoms with Crippen molar-refractivity contribution < 1.29 is 0 Å². The molecule has 1 saturated heterocycles. The minimum Gasteiger partial charge on any atom is -0.313 e. The number of rotatable bonds is 2. The van der Waals surface area contributed by atoms with Gasteiger partial charge in [-0.1, -0.05) is 12.5 Å². The molecule has 1 unspecified atom stereocenters. The lowest BCUT2D eigenvalue weighted by Crippen LogP contribution is -2.50. The van der Waals surface area contributed by atoms with Crippen LogP contribution in [0.5, 0.6) is 0 Å². The van der Waals surface area contributed by atoms with Crippen LogP contribution in [-0.4, -0.2) is 17.6 Å². The molecule has 2 aliphatic rings. The fourth-order valence-electron chi connectivity index (χ4n) is 3.31. The standard InChI is InChI=1S/C14H20N2/c1-11-5-6-12(10-16-11)14(7-3-8-14)13-4-2-9-15-13/h5-6,10,13,15H,2-4,7-9H2,1H3. The van der Waals surface area contributed by atoms with Crippen molar-refractivity contribution >= 4 is 0 Å². The maximum Gasteiger partial charge on any atom is 0.0372 e. The van der Waals surface area contributed by atoms with Crippen LogP contribution in [0.2, 0.25) is 0 Å². The average Bonchev–Trinajstić information content (AvgIpc) is 2.73. The molecule has 0 bridgehead atoms. The summed E-state index contributed by atoms with van der Waals surface area (Å²) in [6.45, 7) is 3.26. The first-order valence-electron chi connectivity index (χ1n) is 6.48. The molecule has 1 aromatic heterocycles. The minimum absolute atomic E-state index is 0.414. The molecule has 1 aliphatic carbocycles. The van der Waals surface area contributed by atoms with Crippen LogP contribution in [0.1, 0.15) is 43.4 Å². The summed E-state index contributed by atoms with van der Waals surface area (Å²) in [5.41, 5.74) is 3.00. The van der Waals surface area contributed by atoms with Crippen LogP contribution < -0.4 is 5.32 Å².